The molecule has 0 aliphatic carbocycles. The summed E-state index contributed by atoms with van der Waals surface area (Å²) in [4.78, 5) is 37.6. The lowest BCUT2D eigenvalue weighted by Crippen LogP contribution is -2.37. The van der Waals surface area contributed by atoms with Gasteiger partial charge in [-0.15, -0.1) is 0 Å². The first kappa shape index (κ1) is 22.2. The number of nitrogens with zero attached hydrogens (tertiary/aromatic N) is 4. The molecule has 2 N–H and O–H groups in total. The van der Waals surface area contributed by atoms with Crippen molar-refractivity contribution in [3.05, 3.63) is 73.9 Å². The number of hydrogen-bond donors (Lipinski definition) is 2. The molecule has 2 aromatic carbocycles. The number of para-hydroxylation sites is 1. The van der Waals surface area contributed by atoms with Gasteiger partial charge in [-0.3, -0.25) is 9.78 Å². The molecule has 9 heteroatoms. The van der Waals surface area contributed by atoms with E-state index in [0.29, 0.717) is 31.0 Å². The molecule has 176 valence electrons. The van der Waals surface area contributed by atoms with E-state index in [1.165, 1.54) is 11.3 Å². The highest BCUT2D eigenvalue weighted by molar-refractivity contribution is 5.81. The number of anilines is 1. The van der Waals surface area contributed by atoms with E-state index in [2.05, 4.69) is 49.4 Å². The Labute approximate surface area is 196 Å². The summed E-state index contributed by atoms with van der Waals surface area (Å²) in [7, 11) is 0. The highest BCUT2D eigenvalue weighted by Crippen LogP contribution is 2.24. The molecule has 5 rings (SSSR count). The molecule has 3 aliphatic rings. The van der Waals surface area contributed by atoms with Gasteiger partial charge in [0.15, 0.2) is 11.5 Å². The van der Waals surface area contributed by atoms with Crippen LogP contribution < -0.4 is 21.5 Å². The summed E-state index contributed by atoms with van der Waals surface area (Å²) in [6.45, 7) is 9.18. The maximum atomic E-state index is 12.4. The summed E-state index contributed by atoms with van der Waals surface area (Å²) in [6.07, 6.45) is 0. The third kappa shape index (κ3) is 4.32. The number of benzene rings is 2. The second kappa shape index (κ2) is 9.36. The smallest absolute Gasteiger partial charge is 0.349 e. The quantitative estimate of drug-likeness (QED) is 0.334. The highest BCUT2D eigenvalue weighted by Gasteiger charge is 2.19. The summed E-state index contributed by atoms with van der Waals surface area (Å²) in [5.41, 5.74) is 5.20. The van der Waals surface area contributed by atoms with E-state index in [4.69, 9.17) is 4.74 Å². The van der Waals surface area contributed by atoms with Crippen molar-refractivity contribution in [2.75, 3.05) is 37.7 Å². The molecule has 1 fully saturated rings. The molecule has 0 unspecified atom stereocenters. The lowest BCUT2D eigenvalue weighted by molar-refractivity contribution is 0.122. The van der Waals surface area contributed by atoms with Crippen molar-refractivity contribution < 1.29 is 4.74 Å². The second-order valence-corrected chi connectivity index (χ2v) is 8.64. The zero-order chi connectivity index (χ0) is 23.7. The van der Waals surface area contributed by atoms with Crippen molar-refractivity contribution in [1.82, 2.24) is 24.8 Å². The van der Waals surface area contributed by atoms with Gasteiger partial charge in [0.1, 0.15) is 0 Å². The fourth-order valence-electron chi connectivity index (χ4n) is 4.46. The van der Waals surface area contributed by atoms with Gasteiger partial charge in [0.25, 0.3) is 5.56 Å². The number of nitrogens with one attached hydrogen (secondary N) is 2. The van der Waals surface area contributed by atoms with Crippen LogP contribution in [0.3, 0.4) is 0 Å². The van der Waals surface area contributed by atoms with Crippen LogP contribution in [0.5, 0.6) is 0 Å². The van der Waals surface area contributed by atoms with Crippen LogP contribution in [0.15, 0.2) is 46.0 Å². The van der Waals surface area contributed by atoms with E-state index in [0.717, 1.165) is 42.9 Å². The van der Waals surface area contributed by atoms with Crippen LogP contribution in [0.25, 0.3) is 22.6 Å². The van der Waals surface area contributed by atoms with Crippen LogP contribution in [-0.2, 0) is 17.8 Å². The summed E-state index contributed by atoms with van der Waals surface area (Å²) < 4.78 is 7.41. The average molecular weight is 461 g/mol. The molecule has 3 aliphatic heterocycles. The molecule has 0 spiro atoms. The fourth-order valence-corrected chi connectivity index (χ4v) is 4.46. The lowest BCUT2D eigenvalue weighted by atomic mass is 10.1. The molecule has 0 amide bonds. The number of aromatic amines is 1. The van der Waals surface area contributed by atoms with Gasteiger partial charge < -0.3 is 19.5 Å². The third-order valence-electron chi connectivity index (χ3n) is 6.40. The lowest BCUT2D eigenvalue weighted by Gasteiger charge is -2.30. The van der Waals surface area contributed by atoms with Crippen LogP contribution >= 0.6 is 0 Å². The van der Waals surface area contributed by atoms with Gasteiger partial charge in [-0.1, -0.05) is 18.2 Å². The van der Waals surface area contributed by atoms with Gasteiger partial charge in [-0.2, -0.15) is 4.98 Å². The Bertz CT molecular complexity index is 1420. The minimum Gasteiger partial charge on any atom is -0.378 e. The second-order valence-electron chi connectivity index (χ2n) is 8.64. The SMILES string of the molecule is Cc1cc2nc3c(=O)[nH]c(=O)nc-3n(CCNCc3ccccc3N3CCOCC3)c2cc1C. The Morgan fingerprint density at radius 1 is 1.06 bits per heavy atom. The van der Waals surface area contributed by atoms with Crippen molar-refractivity contribution in [1.29, 1.82) is 0 Å². The predicted molar refractivity (Wildman–Crippen MR) is 132 cm³/mol. The maximum Gasteiger partial charge on any atom is 0.349 e. The molecule has 0 aromatic heterocycles. The van der Waals surface area contributed by atoms with Gasteiger partial charge in [-0.05, 0) is 48.7 Å². The number of H-pyrrole nitrogens is 1. The molecule has 0 saturated carbocycles. The first-order chi connectivity index (χ1) is 16.5. The highest BCUT2D eigenvalue weighted by atomic mass is 16.5. The van der Waals surface area contributed by atoms with Crippen molar-refractivity contribution in [3.63, 3.8) is 0 Å². The Morgan fingerprint density at radius 2 is 1.82 bits per heavy atom. The van der Waals surface area contributed by atoms with E-state index in [-0.39, 0.29) is 5.69 Å². The largest absolute Gasteiger partial charge is 0.378 e. The normalized spacial score (nSPS) is 14.2. The number of fused-ring (bicyclic) bond motifs is 2. The summed E-state index contributed by atoms with van der Waals surface area (Å²) in [5, 5.41) is 3.52. The topological polar surface area (TPSA) is 105 Å². The fraction of sp³-hybridized carbons (Fsp3) is 0.360. The van der Waals surface area contributed by atoms with Gasteiger partial charge in [0.05, 0.1) is 24.2 Å². The number of morpholine rings is 1. The van der Waals surface area contributed by atoms with Crippen molar-refractivity contribution in [3.8, 4) is 11.5 Å². The van der Waals surface area contributed by atoms with Crippen molar-refractivity contribution in [2.45, 2.75) is 26.9 Å². The van der Waals surface area contributed by atoms with E-state index < -0.39 is 11.2 Å². The Balaban J connectivity index is 1.42. The van der Waals surface area contributed by atoms with E-state index >= 15 is 0 Å². The number of aromatic nitrogens is 4. The molecular formula is C25H28N6O3. The van der Waals surface area contributed by atoms with Gasteiger partial charge in [0.2, 0.25) is 0 Å². The molecule has 34 heavy (non-hydrogen) atoms. The molecule has 1 saturated heterocycles. The van der Waals surface area contributed by atoms with Gasteiger partial charge in [-0.25, -0.2) is 9.78 Å². The predicted octanol–water partition coefficient (Wildman–Crippen LogP) is 1.83. The molecule has 0 bridgehead atoms. The minimum atomic E-state index is -0.663. The van der Waals surface area contributed by atoms with E-state index in [1.54, 1.807) is 0 Å². The third-order valence-corrected chi connectivity index (χ3v) is 6.40. The van der Waals surface area contributed by atoms with Crippen molar-refractivity contribution >= 4 is 16.7 Å². The molecule has 0 atom stereocenters. The van der Waals surface area contributed by atoms with Gasteiger partial charge in [0, 0.05) is 38.4 Å². The first-order valence-corrected chi connectivity index (χ1v) is 11.5. The Kier molecular flexibility index (Phi) is 6.12. The summed E-state index contributed by atoms with van der Waals surface area (Å²) >= 11 is 0. The number of rotatable bonds is 6. The maximum absolute atomic E-state index is 12.4. The zero-order valence-corrected chi connectivity index (χ0v) is 19.4. The van der Waals surface area contributed by atoms with Crippen LogP contribution in [0.2, 0.25) is 0 Å². The minimum absolute atomic E-state index is 0.174. The Hall–Kier alpha value is -3.56. The molecule has 3 heterocycles. The van der Waals surface area contributed by atoms with Crippen LogP contribution in [0.4, 0.5) is 5.69 Å². The standard InChI is InChI=1S/C25H28N6O3/c1-16-13-19-21(14-17(16)2)31(23-22(27-19)24(32)29-25(33)28-23)8-7-26-15-18-5-3-4-6-20(18)30-9-11-34-12-10-30/h3-6,13-14,26H,7-12,15H2,1-2H3,(H,29,32,33). The molecule has 2 aromatic rings. The summed E-state index contributed by atoms with van der Waals surface area (Å²) in [6, 6.07) is 12.4. The number of ether oxygens (including phenoxy) is 1. The van der Waals surface area contributed by atoms with Crippen LogP contribution in [-0.4, -0.2) is 52.4 Å². The average Bonchev–Trinajstić information content (AvgIpc) is 2.83. The van der Waals surface area contributed by atoms with Crippen LogP contribution in [0.1, 0.15) is 16.7 Å². The molecular weight excluding hydrogens is 432 g/mol. The zero-order valence-electron chi connectivity index (χ0n) is 19.4. The number of hydrogen-bond acceptors (Lipinski definition) is 7. The van der Waals surface area contributed by atoms with E-state index in [1.807, 2.05) is 30.5 Å². The molecule has 9 nitrogen and oxygen atoms in total. The monoisotopic (exact) mass is 460 g/mol. The first-order valence-electron chi connectivity index (χ1n) is 11.5. The summed E-state index contributed by atoms with van der Waals surface area (Å²) in [5.74, 6) is 0.306. The number of aryl methyl sites for hydroxylation is 2. The van der Waals surface area contributed by atoms with E-state index in [9.17, 15) is 9.59 Å². The van der Waals surface area contributed by atoms with Crippen LogP contribution in [0, 0.1) is 13.8 Å². The van der Waals surface area contributed by atoms with Crippen molar-refractivity contribution in [2.24, 2.45) is 0 Å². The Morgan fingerprint density at radius 3 is 2.65 bits per heavy atom. The molecule has 0 radical (unpaired) electrons. The van der Waals surface area contributed by atoms with Gasteiger partial charge >= 0.3 is 5.69 Å².